The standard InChI is InChI=1S/C26H24N2O5S/c1-17-24(34-20-13-9-6-10-14-20)25(28(27-17)19-11-7-5-8-12-19)33-26(29)18-15-21(30-2)23(32-4)22(16-18)31-3/h5-16H,1-4H3. The lowest BCUT2D eigenvalue weighted by Crippen LogP contribution is -2.13. The van der Waals surface area contributed by atoms with Gasteiger partial charge in [-0.15, -0.1) is 0 Å². The van der Waals surface area contributed by atoms with E-state index in [0.29, 0.717) is 23.1 Å². The highest BCUT2D eigenvalue weighted by atomic mass is 32.2. The maximum absolute atomic E-state index is 13.3. The molecule has 174 valence electrons. The summed E-state index contributed by atoms with van der Waals surface area (Å²) in [5.74, 6) is 0.871. The van der Waals surface area contributed by atoms with Gasteiger partial charge in [0, 0.05) is 4.90 Å². The van der Waals surface area contributed by atoms with Gasteiger partial charge in [0.05, 0.1) is 43.2 Å². The first kappa shape index (κ1) is 23.3. The van der Waals surface area contributed by atoms with Crippen LogP contribution < -0.4 is 18.9 Å². The monoisotopic (exact) mass is 476 g/mol. The predicted octanol–water partition coefficient (Wildman–Crippen LogP) is 5.58. The molecule has 7 nitrogen and oxygen atoms in total. The first-order chi connectivity index (χ1) is 16.5. The Bertz CT molecular complexity index is 1260. The molecule has 0 saturated heterocycles. The summed E-state index contributed by atoms with van der Waals surface area (Å²) in [5, 5.41) is 4.67. The summed E-state index contributed by atoms with van der Waals surface area (Å²) >= 11 is 1.48. The molecule has 0 bridgehead atoms. The van der Waals surface area contributed by atoms with Crippen LogP contribution in [0.15, 0.2) is 82.6 Å². The number of nitrogens with zero attached hydrogens (tertiary/aromatic N) is 2. The van der Waals surface area contributed by atoms with Crippen molar-refractivity contribution in [2.75, 3.05) is 21.3 Å². The van der Waals surface area contributed by atoms with Crippen LogP contribution in [-0.4, -0.2) is 37.1 Å². The second kappa shape index (κ2) is 10.4. The Morgan fingerprint density at radius 2 is 1.44 bits per heavy atom. The minimum atomic E-state index is -0.578. The molecule has 0 atom stereocenters. The molecule has 0 spiro atoms. The van der Waals surface area contributed by atoms with Crippen molar-refractivity contribution in [1.82, 2.24) is 9.78 Å². The number of carbonyl (C=O) groups is 1. The fourth-order valence-corrected chi connectivity index (χ4v) is 4.33. The maximum Gasteiger partial charge on any atom is 0.345 e. The maximum atomic E-state index is 13.3. The van der Waals surface area contributed by atoms with Crippen molar-refractivity contribution < 1.29 is 23.7 Å². The Kier molecular flexibility index (Phi) is 7.08. The summed E-state index contributed by atoms with van der Waals surface area (Å²) < 4.78 is 23.7. The number of methoxy groups -OCH3 is 3. The topological polar surface area (TPSA) is 71.8 Å². The van der Waals surface area contributed by atoms with Gasteiger partial charge in [0.15, 0.2) is 11.5 Å². The second-order valence-corrected chi connectivity index (χ2v) is 8.27. The van der Waals surface area contributed by atoms with E-state index in [4.69, 9.17) is 18.9 Å². The van der Waals surface area contributed by atoms with E-state index in [1.807, 2.05) is 67.6 Å². The number of carbonyl (C=O) groups excluding carboxylic acids is 1. The highest BCUT2D eigenvalue weighted by Gasteiger charge is 2.24. The van der Waals surface area contributed by atoms with Crippen LogP contribution >= 0.6 is 11.8 Å². The van der Waals surface area contributed by atoms with Gasteiger partial charge >= 0.3 is 5.97 Å². The van der Waals surface area contributed by atoms with Crippen LogP contribution in [0.5, 0.6) is 23.1 Å². The van der Waals surface area contributed by atoms with Crippen molar-refractivity contribution in [3.8, 4) is 28.8 Å². The van der Waals surface area contributed by atoms with Gasteiger partial charge in [-0.1, -0.05) is 48.2 Å². The number of benzene rings is 3. The molecule has 1 heterocycles. The summed E-state index contributed by atoms with van der Waals surface area (Å²) in [6.07, 6.45) is 0. The average molecular weight is 477 g/mol. The molecule has 0 radical (unpaired) electrons. The minimum Gasteiger partial charge on any atom is -0.493 e. The van der Waals surface area contributed by atoms with Crippen LogP contribution in [0.3, 0.4) is 0 Å². The summed E-state index contributed by atoms with van der Waals surface area (Å²) in [4.78, 5) is 15.1. The Morgan fingerprint density at radius 3 is 2.00 bits per heavy atom. The second-order valence-electron chi connectivity index (χ2n) is 7.19. The van der Waals surface area contributed by atoms with Gasteiger partial charge in [-0.25, -0.2) is 4.79 Å². The number of hydrogen-bond acceptors (Lipinski definition) is 7. The van der Waals surface area contributed by atoms with Crippen LogP contribution in [0.4, 0.5) is 0 Å². The molecule has 4 rings (SSSR count). The SMILES string of the molecule is COc1cc(C(=O)Oc2c(Sc3ccccc3)c(C)nn2-c2ccccc2)cc(OC)c1OC. The number of esters is 1. The predicted molar refractivity (Wildman–Crippen MR) is 130 cm³/mol. The lowest BCUT2D eigenvalue weighted by Gasteiger charge is -2.14. The summed E-state index contributed by atoms with van der Waals surface area (Å²) in [7, 11) is 4.50. The van der Waals surface area contributed by atoms with Crippen LogP contribution in [0.2, 0.25) is 0 Å². The Labute approximate surface area is 202 Å². The van der Waals surface area contributed by atoms with Crippen molar-refractivity contribution >= 4 is 17.7 Å². The van der Waals surface area contributed by atoms with Gasteiger partial charge in [-0.2, -0.15) is 9.78 Å². The summed E-state index contributed by atoms with van der Waals surface area (Å²) in [6.45, 7) is 1.89. The first-order valence-corrected chi connectivity index (χ1v) is 11.3. The van der Waals surface area contributed by atoms with Crippen molar-refractivity contribution in [3.05, 3.63) is 84.1 Å². The van der Waals surface area contributed by atoms with Gasteiger partial charge in [0.1, 0.15) is 0 Å². The van der Waals surface area contributed by atoms with Gasteiger partial charge in [0.25, 0.3) is 0 Å². The molecule has 0 fully saturated rings. The summed E-state index contributed by atoms with van der Waals surface area (Å²) in [6, 6.07) is 22.5. The van der Waals surface area contributed by atoms with Crippen LogP contribution in [0.1, 0.15) is 16.1 Å². The zero-order chi connectivity index (χ0) is 24.1. The molecule has 3 aromatic carbocycles. The highest BCUT2D eigenvalue weighted by Crippen LogP contribution is 2.41. The third-order valence-corrected chi connectivity index (χ3v) is 6.20. The average Bonchev–Trinajstić information content (AvgIpc) is 3.18. The molecule has 4 aromatic rings. The van der Waals surface area contributed by atoms with Crippen molar-refractivity contribution in [1.29, 1.82) is 0 Å². The van der Waals surface area contributed by atoms with Crippen molar-refractivity contribution in [2.24, 2.45) is 0 Å². The minimum absolute atomic E-state index is 0.253. The van der Waals surface area contributed by atoms with Crippen molar-refractivity contribution in [3.63, 3.8) is 0 Å². The van der Waals surface area contributed by atoms with Gasteiger partial charge < -0.3 is 18.9 Å². The molecule has 1 aromatic heterocycles. The fraction of sp³-hybridized carbons (Fsp3) is 0.154. The molecule has 0 amide bonds. The van der Waals surface area contributed by atoms with E-state index in [1.54, 1.807) is 16.8 Å². The lowest BCUT2D eigenvalue weighted by atomic mass is 10.2. The van der Waals surface area contributed by atoms with Crippen LogP contribution in [0, 0.1) is 6.92 Å². The largest absolute Gasteiger partial charge is 0.493 e. The van der Waals surface area contributed by atoms with E-state index in [-0.39, 0.29) is 5.56 Å². The molecule has 0 saturated carbocycles. The molecule has 34 heavy (non-hydrogen) atoms. The highest BCUT2D eigenvalue weighted by molar-refractivity contribution is 7.99. The summed E-state index contributed by atoms with van der Waals surface area (Å²) in [5.41, 5.74) is 1.77. The third-order valence-electron chi connectivity index (χ3n) is 5.02. The van der Waals surface area contributed by atoms with Crippen LogP contribution in [0.25, 0.3) is 5.69 Å². The molecule has 8 heteroatoms. The number of para-hydroxylation sites is 1. The number of ether oxygens (including phenoxy) is 4. The Hall–Kier alpha value is -3.91. The normalized spacial score (nSPS) is 10.6. The zero-order valence-corrected chi connectivity index (χ0v) is 20.1. The van der Waals surface area contributed by atoms with Gasteiger partial charge in [0.2, 0.25) is 11.6 Å². The molecular weight excluding hydrogens is 452 g/mol. The van der Waals surface area contributed by atoms with Gasteiger partial charge in [-0.3, -0.25) is 0 Å². The van der Waals surface area contributed by atoms with E-state index in [1.165, 1.54) is 33.1 Å². The smallest absolute Gasteiger partial charge is 0.345 e. The molecule has 0 aliphatic rings. The number of aromatic nitrogens is 2. The van der Waals surface area contributed by atoms with Gasteiger partial charge in [-0.05, 0) is 43.3 Å². The van der Waals surface area contributed by atoms with E-state index < -0.39 is 5.97 Å². The van der Waals surface area contributed by atoms with Crippen LogP contribution in [-0.2, 0) is 0 Å². The van der Waals surface area contributed by atoms with E-state index in [9.17, 15) is 4.79 Å². The quantitative estimate of drug-likeness (QED) is 0.308. The van der Waals surface area contributed by atoms with E-state index in [2.05, 4.69) is 5.10 Å². The Balaban J connectivity index is 1.78. The molecule has 0 aliphatic carbocycles. The molecule has 0 N–H and O–H groups in total. The number of rotatable bonds is 8. The number of aryl methyl sites for hydroxylation is 1. The Morgan fingerprint density at radius 1 is 0.853 bits per heavy atom. The third kappa shape index (κ3) is 4.72. The number of hydrogen-bond donors (Lipinski definition) is 0. The van der Waals surface area contributed by atoms with E-state index in [0.717, 1.165) is 21.2 Å². The fourth-order valence-electron chi connectivity index (χ4n) is 3.40. The molecule has 0 aliphatic heterocycles. The zero-order valence-electron chi connectivity index (χ0n) is 19.3. The van der Waals surface area contributed by atoms with E-state index >= 15 is 0 Å². The van der Waals surface area contributed by atoms with Crippen molar-refractivity contribution in [2.45, 2.75) is 16.7 Å². The molecule has 0 unspecified atom stereocenters. The first-order valence-electron chi connectivity index (χ1n) is 10.5. The molecular formula is C26H24N2O5S. The lowest BCUT2D eigenvalue weighted by molar-refractivity contribution is 0.0717.